The monoisotopic (exact) mass is 378 g/mol. The van der Waals surface area contributed by atoms with E-state index in [2.05, 4.69) is 10.6 Å². The van der Waals surface area contributed by atoms with Crippen LogP contribution >= 0.6 is 23.2 Å². The maximum absolute atomic E-state index is 12.2. The summed E-state index contributed by atoms with van der Waals surface area (Å²) in [6.45, 7) is 3.71. The minimum Gasteiger partial charge on any atom is -0.349 e. The van der Waals surface area contributed by atoms with Gasteiger partial charge in [-0.15, -0.1) is 0 Å². The van der Waals surface area contributed by atoms with Crippen LogP contribution in [0.1, 0.15) is 37.4 Å². The summed E-state index contributed by atoms with van der Waals surface area (Å²) in [7, 11) is 0. The predicted octanol–water partition coefficient (Wildman–Crippen LogP) is 4.76. The summed E-state index contributed by atoms with van der Waals surface area (Å²) in [5, 5.41) is 6.64. The van der Waals surface area contributed by atoms with Crippen LogP contribution in [0, 0.1) is 0 Å². The van der Waals surface area contributed by atoms with E-state index in [1.54, 1.807) is 25.1 Å². The third-order valence-electron chi connectivity index (χ3n) is 3.74. The molecule has 0 bridgehead atoms. The van der Waals surface area contributed by atoms with Crippen LogP contribution in [0.2, 0.25) is 10.0 Å². The van der Waals surface area contributed by atoms with Crippen molar-refractivity contribution in [2.24, 2.45) is 0 Å². The van der Waals surface area contributed by atoms with Crippen LogP contribution in [0.25, 0.3) is 0 Å². The fraction of sp³-hybridized carbons (Fsp3) is 0.263. The quantitative estimate of drug-likeness (QED) is 0.760. The number of carbonyl (C=O) groups excluding carboxylic acids is 2. The Balaban J connectivity index is 1.94. The standard InChI is InChI=1S/C19H20Cl2N2O2/c1-3-18(24)23-15-7-5-14(6-8-15)12(2)22-19(25)11-13-4-9-16(20)17(21)10-13/h4-10,12H,3,11H2,1-2H3,(H,22,25)(H,23,24). The maximum Gasteiger partial charge on any atom is 0.224 e. The van der Waals surface area contributed by atoms with Crippen molar-refractivity contribution in [3.8, 4) is 0 Å². The first-order valence-electron chi connectivity index (χ1n) is 8.02. The number of anilines is 1. The Morgan fingerprint density at radius 1 is 1.00 bits per heavy atom. The van der Waals surface area contributed by atoms with Crippen molar-refractivity contribution in [1.82, 2.24) is 5.32 Å². The topological polar surface area (TPSA) is 58.2 Å². The van der Waals surface area contributed by atoms with Crippen molar-refractivity contribution in [3.63, 3.8) is 0 Å². The lowest BCUT2D eigenvalue weighted by molar-refractivity contribution is -0.121. The molecule has 0 aromatic heterocycles. The largest absolute Gasteiger partial charge is 0.349 e. The molecule has 0 heterocycles. The third-order valence-corrected chi connectivity index (χ3v) is 4.48. The Kier molecular flexibility index (Phi) is 6.85. The molecule has 4 nitrogen and oxygen atoms in total. The van der Waals surface area contributed by atoms with E-state index in [-0.39, 0.29) is 24.3 Å². The number of amides is 2. The van der Waals surface area contributed by atoms with Gasteiger partial charge in [0.15, 0.2) is 0 Å². The molecule has 0 radical (unpaired) electrons. The van der Waals surface area contributed by atoms with E-state index in [4.69, 9.17) is 23.2 Å². The fourth-order valence-electron chi connectivity index (χ4n) is 2.32. The molecule has 0 fully saturated rings. The molecular formula is C19H20Cl2N2O2. The van der Waals surface area contributed by atoms with Crippen LogP contribution < -0.4 is 10.6 Å². The Hall–Kier alpha value is -2.04. The minimum atomic E-state index is -0.147. The van der Waals surface area contributed by atoms with E-state index in [0.29, 0.717) is 16.5 Å². The predicted molar refractivity (Wildman–Crippen MR) is 102 cm³/mol. The summed E-state index contributed by atoms with van der Waals surface area (Å²) >= 11 is 11.8. The van der Waals surface area contributed by atoms with Gasteiger partial charge >= 0.3 is 0 Å². The highest BCUT2D eigenvalue weighted by Gasteiger charge is 2.11. The number of hydrogen-bond donors (Lipinski definition) is 2. The zero-order valence-electron chi connectivity index (χ0n) is 14.1. The van der Waals surface area contributed by atoms with Crippen LogP contribution in [-0.2, 0) is 16.0 Å². The van der Waals surface area contributed by atoms with Gasteiger partial charge in [-0.1, -0.05) is 48.3 Å². The Morgan fingerprint density at radius 3 is 2.28 bits per heavy atom. The molecule has 2 N–H and O–H groups in total. The summed E-state index contributed by atoms with van der Waals surface area (Å²) in [5.74, 6) is -0.134. The molecule has 6 heteroatoms. The van der Waals surface area contributed by atoms with Crippen LogP contribution in [-0.4, -0.2) is 11.8 Å². The average Bonchev–Trinajstić information content (AvgIpc) is 2.58. The summed E-state index contributed by atoms with van der Waals surface area (Å²) in [5.41, 5.74) is 2.50. The van der Waals surface area contributed by atoms with Gasteiger partial charge in [-0.2, -0.15) is 0 Å². The maximum atomic E-state index is 12.2. The highest BCUT2D eigenvalue weighted by Crippen LogP contribution is 2.23. The number of benzene rings is 2. The molecule has 2 aromatic carbocycles. The molecule has 2 aromatic rings. The van der Waals surface area contributed by atoms with Gasteiger partial charge in [-0.3, -0.25) is 9.59 Å². The molecule has 0 saturated carbocycles. The molecule has 132 valence electrons. The first-order valence-corrected chi connectivity index (χ1v) is 8.77. The summed E-state index contributed by atoms with van der Waals surface area (Å²) in [6, 6.07) is 12.4. The van der Waals surface area contributed by atoms with Gasteiger partial charge in [0.05, 0.1) is 22.5 Å². The Labute approximate surface area is 157 Å². The zero-order chi connectivity index (χ0) is 18.4. The molecule has 0 aliphatic carbocycles. The SMILES string of the molecule is CCC(=O)Nc1ccc(C(C)NC(=O)Cc2ccc(Cl)c(Cl)c2)cc1. The molecule has 0 spiro atoms. The van der Waals surface area contributed by atoms with Crippen molar-refractivity contribution >= 4 is 40.7 Å². The van der Waals surface area contributed by atoms with Crippen LogP contribution in [0.5, 0.6) is 0 Å². The number of hydrogen-bond acceptors (Lipinski definition) is 2. The van der Waals surface area contributed by atoms with E-state index >= 15 is 0 Å². The van der Waals surface area contributed by atoms with E-state index < -0.39 is 0 Å². The second-order valence-corrected chi connectivity index (χ2v) is 6.55. The zero-order valence-corrected chi connectivity index (χ0v) is 15.6. The van der Waals surface area contributed by atoms with Crippen molar-refractivity contribution < 1.29 is 9.59 Å². The van der Waals surface area contributed by atoms with Gasteiger partial charge in [-0.25, -0.2) is 0 Å². The smallest absolute Gasteiger partial charge is 0.224 e. The van der Waals surface area contributed by atoms with E-state index in [0.717, 1.165) is 16.8 Å². The molecule has 2 amide bonds. The van der Waals surface area contributed by atoms with Crippen molar-refractivity contribution in [1.29, 1.82) is 0 Å². The number of halogens is 2. The molecular weight excluding hydrogens is 359 g/mol. The average molecular weight is 379 g/mol. The van der Waals surface area contributed by atoms with E-state index in [1.807, 2.05) is 31.2 Å². The summed E-state index contributed by atoms with van der Waals surface area (Å²) in [6.07, 6.45) is 0.662. The Bertz CT molecular complexity index is 761. The molecule has 1 atom stereocenters. The van der Waals surface area contributed by atoms with Gasteiger partial charge in [0.25, 0.3) is 0 Å². The second-order valence-electron chi connectivity index (χ2n) is 5.74. The Morgan fingerprint density at radius 2 is 1.68 bits per heavy atom. The molecule has 25 heavy (non-hydrogen) atoms. The molecule has 2 rings (SSSR count). The van der Waals surface area contributed by atoms with Crippen LogP contribution in [0.15, 0.2) is 42.5 Å². The van der Waals surface area contributed by atoms with Gasteiger partial charge < -0.3 is 10.6 Å². The molecule has 0 aliphatic rings. The highest BCUT2D eigenvalue weighted by atomic mass is 35.5. The number of nitrogens with one attached hydrogen (secondary N) is 2. The first-order chi connectivity index (χ1) is 11.9. The summed E-state index contributed by atoms with van der Waals surface area (Å²) in [4.78, 5) is 23.6. The van der Waals surface area contributed by atoms with Gasteiger partial charge in [0.1, 0.15) is 0 Å². The first kappa shape index (κ1) is 19.3. The van der Waals surface area contributed by atoms with Crippen LogP contribution in [0.4, 0.5) is 5.69 Å². The van der Waals surface area contributed by atoms with Gasteiger partial charge in [-0.05, 0) is 42.3 Å². The number of rotatable bonds is 6. The van der Waals surface area contributed by atoms with Crippen molar-refractivity contribution in [3.05, 3.63) is 63.6 Å². The minimum absolute atomic E-state index is 0.0317. The van der Waals surface area contributed by atoms with Gasteiger partial charge in [0.2, 0.25) is 11.8 Å². The van der Waals surface area contributed by atoms with E-state index in [1.165, 1.54) is 0 Å². The van der Waals surface area contributed by atoms with Gasteiger partial charge in [0, 0.05) is 12.1 Å². The third kappa shape index (κ3) is 5.76. The summed E-state index contributed by atoms with van der Waals surface area (Å²) < 4.78 is 0. The molecule has 0 aliphatic heterocycles. The molecule has 1 unspecified atom stereocenters. The lowest BCUT2D eigenvalue weighted by Gasteiger charge is -2.15. The lowest BCUT2D eigenvalue weighted by atomic mass is 10.1. The van der Waals surface area contributed by atoms with Crippen LogP contribution in [0.3, 0.4) is 0 Å². The molecule has 0 saturated heterocycles. The normalized spacial score (nSPS) is 11.7. The van der Waals surface area contributed by atoms with Crippen molar-refractivity contribution in [2.75, 3.05) is 5.32 Å². The highest BCUT2D eigenvalue weighted by molar-refractivity contribution is 6.42. The van der Waals surface area contributed by atoms with Crippen molar-refractivity contribution in [2.45, 2.75) is 32.7 Å². The second kappa shape index (κ2) is 8.88. The fourth-order valence-corrected chi connectivity index (χ4v) is 2.64. The van der Waals surface area contributed by atoms with E-state index in [9.17, 15) is 9.59 Å². The number of carbonyl (C=O) groups is 2. The lowest BCUT2D eigenvalue weighted by Crippen LogP contribution is -2.28.